The van der Waals surface area contributed by atoms with Gasteiger partial charge >= 0.3 is 6.03 Å². The maximum Gasteiger partial charge on any atom is 0.315 e. The van der Waals surface area contributed by atoms with Gasteiger partial charge in [0.25, 0.3) is 0 Å². The summed E-state index contributed by atoms with van der Waals surface area (Å²) < 4.78 is 22.7. The van der Waals surface area contributed by atoms with Crippen LogP contribution in [-0.2, 0) is 14.6 Å². The van der Waals surface area contributed by atoms with E-state index in [1.54, 1.807) is 0 Å². The van der Waals surface area contributed by atoms with Crippen LogP contribution in [0.5, 0.6) is 0 Å². The Hall–Kier alpha value is -1.51. The van der Waals surface area contributed by atoms with Crippen molar-refractivity contribution >= 4 is 50.7 Å². The molecule has 0 unspecified atom stereocenters. The SMILES string of the molecule is C[C@H](NC(=O)N[C@@H]1CCS(=O)(=O)C1)C(=O)Nc1cc(Cl)cc(Cl)c1. The molecule has 3 amide bonds. The number of hydrogen-bond acceptors (Lipinski definition) is 4. The summed E-state index contributed by atoms with van der Waals surface area (Å²) >= 11 is 11.7. The van der Waals surface area contributed by atoms with Crippen LogP contribution in [0, 0.1) is 0 Å². The lowest BCUT2D eigenvalue weighted by Gasteiger charge is -2.17. The molecular formula is C14H17Cl2N3O4S. The highest BCUT2D eigenvalue weighted by Crippen LogP contribution is 2.22. The largest absolute Gasteiger partial charge is 0.334 e. The Bertz CT molecular complexity index is 734. The van der Waals surface area contributed by atoms with Crippen LogP contribution in [0.15, 0.2) is 18.2 Å². The summed E-state index contributed by atoms with van der Waals surface area (Å²) in [4.78, 5) is 23.9. The lowest BCUT2D eigenvalue weighted by molar-refractivity contribution is -0.117. The summed E-state index contributed by atoms with van der Waals surface area (Å²) in [7, 11) is -3.08. The number of nitrogens with one attached hydrogen (secondary N) is 3. The average molecular weight is 394 g/mol. The zero-order chi connectivity index (χ0) is 17.9. The summed E-state index contributed by atoms with van der Waals surface area (Å²) in [6.07, 6.45) is 0.372. The molecule has 2 atom stereocenters. The molecule has 2 rings (SSSR count). The number of benzene rings is 1. The molecule has 0 saturated carbocycles. The Balaban J connectivity index is 1.85. The lowest BCUT2D eigenvalue weighted by atomic mass is 10.2. The fraction of sp³-hybridized carbons (Fsp3) is 0.429. The molecule has 7 nitrogen and oxygen atoms in total. The molecule has 1 aromatic carbocycles. The Morgan fingerprint density at radius 3 is 2.38 bits per heavy atom. The van der Waals surface area contributed by atoms with Crippen molar-refractivity contribution < 1.29 is 18.0 Å². The average Bonchev–Trinajstić information content (AvgIpc) is 2.76. The summed E-state index contributed by atoms with van der Waals surface area (Å²) in [5.74, 6) is -0.478. The Kier molecular flexibility index (Phi) is 5.95. The van der Waals surface area contributed by atoms with E-state index >= 15 is 0 Å². The number of carbonyl (C=O) groups is 2. The Morgan fingerprint density at radius 2 is 1.83 bits per heavy atom. The zero-order valence-electron chi connectivity index (χ0n) is 12.8. The van der Waals surface area contributed by atoms with Crippen molar-refractivity contribution in [1.82, 2.24) is 10.6 Å². The number of halogens is 2. The van der Waals surface area contributed by atoms with Gasteiger partial charge < -0.3 is 16.0 Å². The van der Waals surface area contributed by atoms with Crippen LogP contribution < -0.4 is 16.0 Å². The van der Waals surface area contributed by atoms with E-state index in [-0.39, 0.29) is 11.5 Å². The monoisotopic (exact) mass is 393 g/mol. The number of urea groups is 1. The molecule has 1 saturated heterocycles. The number of hydrogen-bond donors (Lipinski definition) is 3. The van der Waals surface area contributed by atoms with Gasteiger partial charge in [-0.15, -0.1) is 0 Å². The maximum absolute atomic E-state index is 12.1. The summed E-state index contributed by atoms with van der Waals surface area (Å²) in [5.41, 5.74) is 0.411. The predicted octanol–water partition coefficient (Wildman–Crippen LogP) is 1.81. The van der Waals surface area contributed by atoms with Gasteiger partial charge in [0.05, 0.1) is 11.5 Å². The van der Waals surface area contributed by atoms with Gasteiger partial charge in [-0.2, -0.15) is 0 Å². The third-order valence-electron chi connectivity index (χ3n) is 3.44. The highest BCUT2D eigenvalue weighted by Gasteiger charge is 2.29. The van der Waals surface area contributed by atoms with Gasteiger partial charge in [0.15, 0.2) is 9.84 Å². The molecule has 1 aliphatic rings. The molecule has 132 valence electrons. The first-order chi connectivity index (χ1) is 11.1. The van der Waals surface area contributed by atoms with Crippen molar-refractivity contribution in [3.63, 3.8) is 0 Å². The van der Waals surface area contributed by atoms with Gasteiger partial charge in [0.1, 0.15) is 6.04 Å². The molecule has 24 heavy (non-hydrogen) atoms. The van der Waals surface area contributed by atoms with Crippen LogP contribution >= 0.6 is 23.2 Å². The summed E-state index contributed by atoms with van der Waals surface area (Å²) in [6, 6.07) is 2.73. The second-order valence-electron chi connectivity index (χ2n) is 5.59. The van der Waals surface area contributed by atoms with Crippen LogP contribution in [0.4, 0.5) is 10.5 Å². The zero-order valence-corrected chi connectivity index (χ0v) is 15.1. The predicted molar refractivity (Wildman–Crippen MR) is 93.3 cm³/mol. The Morgan fingerprint density at radius 1 is 1.21 bits per heavy atom. The van der Waals surface area contributed by atoms with Crippen LogP contribution in [-0.4, -0.2) is 43.9 Å². The molecule has 1 aliphatic heterocycles. The van der Waals surface area contributed by atoms with Crippen molar-refractivity contribution in [3.8, 4) is 0 Å². The standard InChI is InChI=1S/C14H17Cl2N3O4S/c1-8(13(20)18-12-5-9(15)4-10(16)6-12)17-14(21)19-11-2-3-24(22,23)7-11/h4-6,8,11H,2-3,7H2,1H3,(H,18,20)(H2,17,19,21)/t8-,11+/m0/s1. The highest BCUT2D eigenvalue weighted by molar-refractivity contribution is 7.91. The molecule has 0 aromatic heterocycles. The van der Waals surface area contributed by atoms with Gasteiger partial charge in [0, 0.05) is 21.8 Å². The molecule has 1 heterocycles. The molecular weight excluding hydrogens is 377 g/mol. The quantitative estimate of drug-likeness (QED) is 0.725. The first kappa shape index (κ1) is 18.8. The van der Waals surface area contributed by atoms with Crippen molar-refractivity contribution in [3.05, 3.63) is 28.2 Å². The third kappa shape index (κ3) is 5.54. The van der Waals surface area contributed by atoms with Crippen LogP contribution in [0.2, 0.25) is 10.0 Å². The van der Waals surface area contributed by atoms with Crippen LogP contribution in [0.25, 0.3) is 0 Å². The van der Waals surface area contributed by atoms with Crippen molar-refractivity contribution in [2.24, 2.45) is 0 Å². The molecule has 0 aliphatic carbocycles. The molecule has 1 aromatic rings. The van der Waals surface area contributed by atoms with Gasteiger partial charge in [-0.25, -0.2) is 13.2 Å². The lowest BCUT2D eigenvalue weighted by Crippen LogP contribution is -2.49. The first-order valence-corrected chi connectivity index (χ1v) is 9.77. The van der Waals surface area contributed by atoms with E-state index in [1.807, 2.05) is 0 Å². The maximum atomic E-state index is 12.1. The van der Waals surface area contributed by atoms with Crippen LogP contribution in [0.1, 0.15) is 13.3 Å². The second kappa shape index (κ2) is 7.58. The van der Waals surface area contributed by atoms with Gasteiger partial charge in [-0.1, -0.05) is 23.2 Å². The minimum atomic E-state index is -3.08. The number of sulfone groups is 1. The van der Waals surface area contributed by atoms with Crippen molar-refractivity contribution in [2.45, 2.75) is 25.4 Å². The summed E-state index contributed by atoms with van der Waals surface area (Å²) in [6.45, 7) is 1.51. The second-order valence-corrected chi connectivity index (χ2v) is 8.69. The minimum Gasteiger partial charge on any atom is -0.334 e. The molecule has 0 bridgehead atoms. The van der Waals surface area contributed by atoms with Crippen molar-refractivity contribution in [1.29, 1.82) is 0 Å². The van der Waals surface area contributed by atoms with E-state index in [1.165, 1.54) is 25.1 Å². The molecule has 0 radical (unpaired) electrons. The number of anilines is 1. The van der Waals surface area contributed by atoms with Gasteiger partial charge in [-0.05, 0) is 31.5 Å². The molecule has 0 spiro atoms. The number of amides is 3. The first-order valence-electron chi connectivity index (χ1n) is 7.19. The van der Waals surface area contributed by atoms with Gasteiger partial charge in [0.2, 0.25) is 5.91 Å². The van der Waals surface area contributed by atoms with E-state index < -0.39 is 33.9 Å². The summed E-state index contributed by atoms with van der Waals surface area (Å²) in [5, 5.41) is 8.35. The van der Waals surface area contributed by atoms with Gasteiger partial charge in [-0.3, -0.25) is 4.79 Å². The number of carbonyl (C=O) groups excluding carboxylic acids is 2. The molecule has 3 N–H and O–H groups in total. The fourth-order valence-corrected chi connectivity index (χ4v) is 4.47. The van der Waals surface area contributed by atoms with E-state index in [4.69, 9.17) is 23.2 Å². The van der Waals surface area contributed by atoms with E-state index in [0.717, 1.165) is 0 Å². The molecule has 1 fully saturated rings. The Labute approximate surface area is 150 Å². The van der Waals surface area contributed by atoms with E-state index in [9.17, 15) is 18.0 Å². The fourth-order valence-electron chi connectivity index (χ4n) is 2.27. The minimum absolute atomic E-state index is 0.0590. The van der Waals surface area contributed by atoms with E-state index in [2.05, 4.69) is 16.0 Å². The highest BCUT2D eigenvalue weighted by atomic mass is 35.5. The number of rotatable bonds is 4. The van der Waals surface area contributed by atoms with Crippen LogP contribution in [0.3, 0.4) is 0 Å². The third-order valence-corrected chi connectivity index (χ3v) is 5.64. The normalized spacial score (nSPS) is 20.2. The molecule has 10 heteroatoms. The topological polar surface area (TPSA) is 104 Å². The van der Waals surface area contributed by atoms with E-state index in [0.29, 0.717) is 22.2 Å². The smallest absolute Gasteiger partial charge is 0.315 e. The van der Waals surface area contributed by atoms with Crippen molar-refractivity contribution in [2.75, 3.05) is 16.8 Å².